The van der Waals surface area contributed by atoms with Crippen molar-refractivity contribution in [1.29, 1.82) is 0 Å². The van der Waals surface area contributed by atoms with E-state index >= 15 is 0 Å². The van der Waals surface area contributed by atoms with E-state index in [-0.39, 0.29) is 0 Å². The fraction of sp³-hybridized carbons (Fsp3) is 0.500. The zero-order chi connectivity index (χ0) is 9.26. The van der Waals surface area contributed by atoms with Crippen LogP contribution in [0.3, 0.4) is 0 Å². The highest BCUT2D eigenvalue weighted by Crippen LogP contribution is 2.28. The number of aryl methyl sites for hydroxylation is 1. The third-order valence-corrected chi connectivity index (χ3v) is 2.98. The van der Waals surface area contributed by atoms with Crippen molar-refractivity contribution in [2.24, 2.45) is 5.16 Å². The maximum absolute atomic E-state index is 5.63. The molecule has 5 heteroatoms. The Morgan fingerprint density at radius 1 is 1.54 bits per heavy atom. The molecule has 70 valence electrons. The SMILES string of the molecule is CO/N=C1\CCCc2nc(N)sc21. The first kappa shape index (κ1) is 8.50. The Hall–Kier alpha value is -1.10. The summed E-state index contributed by atoms with van der Waals surface area (Å²) >= 11 is 1.49. The molecule has 13 heavy (non-hydrogen) atoms. The number of hydrogen-bond donors (Lipinski definition) is 1. The fourth-order valence-electron chi connectivity index (χ4n) is 1.50. The Morgan fingerprint density at radius 2 is 2.38 bits per heavy atom. The average molecular weight is 197 g/mol. The van der Waals surface area contributed by atoms with Gasteiger partial charge in [-0.1, -0.05) is 16.5 Å². The third-order valence-electron chi connectivity index (χ3n) is 2.00. The van der Waals surface area contributed by atoms with E-state index in [9.17, 15) is 0 Å². The molecule has 4 nitrogen and oxygen atoms in total. The molecule has 0 saturated carbocycles. The van der Waals surface area contributed by atoms with Crippen molar-refractivity contribution >= 4 is 22.2 Å². The highest BCUT2D eigenvalue weighted by molar-refractivity contribution is 7.17. The normalized spacial score (nSPS) is 18.7. The van der Waals surface area contributed by atoms with Gasteiger partial charge >= 0.3 is 0 Å². The van der Waals surface area contributed by atoms with Crippen LogP contribution in [0, 0.1) is 0 Å². The van der Waals surface area contributed by atoms with Crippen molar-refractivity contribution in [1.82, 2.24) is 4.98 Å². The molecule has 0 fully saturated rings. The first-order valence-corrected chi connectivity index (χ1v) is 4.98. The minimum absolute atomic E-state index is 0.621. The highest BCUT2D eigenvalue weighted by atomic mass is 32.1. The van der Waals surface area contributed by atoms with Gasteiger partial charge in [-0.15, -0.1) is 0 Å². The number of rotatable bonds is 1. The summed E-state index contributed by atoms with van der Waals surface area (Å²) in [4.78, 5) is 10.1. The number of oxime groups is 1. The Kier molecular flexibility index (Phi) is 2.18. The van der Waals surface area contributed by atoms with Crippen molar-refractivity contribution < 1.29 is 4.84 Å². The van der Waals surface area contributed by atoms with Gasteiger partial charge in [-0.3, -0.25) is 0 Å². The molecule has 0 aliphatic heterocycles. The largest absolute Gasteiger partial charge is 0.399 e. The summed E-state index contributed by atoms with van der Waals surface area (Å²) in [5.74, 6) is 0. The van der Waals surface area contributed by atoms with Crippen LogP contribution >= 0.6 is 11.3 Å². The van der Waals surface area contributed by atoms with Gasteiger partial charge in [0.15, 0.2) is 5.13 Å². The summed E-state index contributed by atoms with van der Waals surface area (Å²) < 4.78 is 0. The quantitative estimate of drug-likeness (QED) is 0.692. The van der Waals surface area contributed by atoms with Gasteiger partial charge in [0, 0.05) is 0 Å². The van der Waals surface area contributed by atoms with Crippen LogP contribution in [0.1, 0.15) is 23.4 Å². The predicted octanol–water partition coefficient (Wildman–Crippen LogP) is 1.41. The Bertz CT molecular complexity index is 345. The summed E-state index contributed by atoms with van der Waals surface area (Å²) in [7, 11) is 1.56. The lowest BCUT2D eigenvalue weighted by molar-refractivity contribution is 0.212. The highest BCUT2D eigenvalue weighted by Gasteiger charge is 2.20. The fourth-order valence-corrected chi connectivity index (χ4v) is 2.39. The van der Waals surface area contributed by atoms with Gasteiger partial charge in [0.1, 0.15) is 7.11 Å². The molecule has 0 saturated heterocycles. The number of nitrogens with zero attached hydrogens (tertiary/aromatic N) is 2. The van der Waals surface area contributed by atoms with E-state index < -0.39 is 0 Å². The lowest BCUT2D eigenvalue weighted by Crippen LogP contribution is -2.09. The maximum atomic E-state index is 5.63. The van der Waals surface area contributed by atoms with Crippen LogP contribution in [0.2, 0.25) is 0 Å². The summed E-state index contributed by atoms with van der Waals surface area (Å²) in [5, 5.41) is 4.59. The number of fused-ring (bicyclic) bond motifs is 1. The molecule has 0 amide bonds. The van der Waals surface area contributed by atoms with Crippen LogP contribution in [0.4, 0.5) is 5.13 Å². The van der Waals surface area contributed by atoms with E-state index in [1.807, 2.05) is 0 Å². The molecule has 0 radical (unpaired) electrons. The summed E-state index contributed by atoms with van der Waals surface area (Å²) in [6.07, 6.45) is 3.05. The van der Waals surface area contributed by atoms with Crippen LogP contribution in [0.5, 0.6) is 0 Å². The molecule has 2 N–H and O–H groups in total. The minimum Gasteiger partial charge on any atom is -0.399 e. The van der Waals surface area contributed by atoms with Crippen LogP contribution in [-0.4, -0.2) is 17.8 Å². The average Bonchev–Trinajstić information content (AvgIpc) is 2.47. The van der Waals surface area contributed by atoms with Crippen LogP contribution in [-0.2, 0) is 11.3 Å². The van der Waals surface area contributed by atoms with Gasteiger partial charge < -0.3 is 10.6 Å². The molecular formula is C8H11N3OS. The first-order chi connectivity index (χ1) is 6.31. The van der Waals surface area contributed by atoms with Crippen molar-refractivity contribution in [3.05, 3.63) is 10.6 Å². The number of thiazole rings is 1. The summed E-state index contributed by atoms with van der Waals surface area (Å²) in [5.41, 5.74) is 7.69. The molecule has 1 aromatic heterocycles. The summed E-state index contributed by atoms with van der Waals surface area (Å²) in [6, 6.07) is 0. The number of nitrogens with two attached hydrogens (primary N) is 1. The topological polar surface area (TPSA) is 60.5 Å². The van der Waals surface area contributed by atoms with Crippen molar-refractivity contribution in [2.75, 3.05) is 12.8 Å². The molecule has 0 bridgehead atoms. The van der Waals surface area contributed by atoms with E-state index in [0.717, 1.165) is 35.5 Å². The lowest BCUT2D eigenvalue weighted by atomic mass is 10.0. The molecule has 0 aromatic carbocycles. The van der Waals surface area contributed by atoms with Gasteiger partial charge in [0.05, 0.1) is 16.3 Å². The molecule has 0 atom stereocenters. The van der Waals surface area contributed by atoms with Gasteiger partial charge in [0.2, 0.25) is 0 Å². The Labute approximate surface area is 80.4 Å². The number of hydrogen-bond acceptors (Lipinski definition) is 5. The van der Waals surface area contributed by atoms with E-state index in [4.69, 9.17) is 10.6 Å². The monoisotopic (exact) mass is 197 g/mol. The molecule has 1 aliphatic rings. The standard InChI is InChI=1S/C8H11N3OS/c1-12-11-6-4-2-3-5-7(6)13-8(9)10-5/h2-4H2,1H3,(H2,9,10)/b11-6+. The first-order valence-electron chi connectivity index (χ1n) is 4.17. The number of nitrogen functional groups attached to an aromatic ring is 1. The number of aromatic nitrogens is 1. The second-order valence-electron chi connectivity index (χ2n) is 2.90. The third kappa shape index (κ3) is 1.51. The van der Waals surface area contributed by atoms with Gasteiger partial charge in [-0.25, -0.2) is 4.98 Å². The predicted molar refractivity (Wildman–Crippen MR) is 53.0 cm³/mol. The zero-order valence-corrected chi connectivity index (χ0v) is 8.23. The van der Waals surface area contributed by atoms with Gasteiger partial charge in [-0.2, -0.15) is 0 Å². The zero-order valence-electron chi connectivity index (χ0n) is 7.41. The second kappa shape index (κ2) is 3.33. The van der Waals surface area contributed by atoms with E-state index in [0.29, 0.717) is 5.13 Å². The van der Waals surface area contributed by atoms with Crippen molar-refractivity contribution in [3.8, 4) is 0 Å². The molecule has 0 spiro atoms. The Balaban J connectivity index is 2.42. The Morgan fingerprint density at radius 3 is 3.15 bits per heavy atom. The molecule has 1 aromatic rings. The van der Waals surface area contributed by atoms with Gasteiger partial charge in [-0.05, 0) is 19.3 Å². The lowest BCUT2D eigenvalue weighted by Gasteiger charge is -2.10. The van der Waals surface area contributed by atoms with Crippen molar-refractivity contribution in [2.45, 2.75) is 19.3 Å². The molecule has 0 unspecified atom stereocenters. The number of anilines is 1. The maximum Gasteiger partial charge on any atom is 0.180 e. The van der Waals surface area contributed by atoms with E-state index in [1.165, 1.54) is 11.3 Å². The molecule has 1 heterocycles. The van der Waals surface area contributed by atoms with Crippen LogP contribution < -0.4 is 5.73 Å². The van der Waals surface area contributed by atoms with Crippen LogP contribution in [0.25, 0.3) is 0 Å². The molecule has 2 rings (SSSR count). The smallest absolute Gasteiger partial charge is 0.180 e. The second-order valence-corrected chi connectivity index (χ2v) is 3.93. The summed E-state index contributed by atoms with van der Waals surface area (Å²) in [6.45, 7) is 0. The van der Waals surface area contributed by atoms with Crippen LogP contribution in [0.15, 0.2) is 5.16 Å². The molecular weight excluding hydrogens is 186 g/mol. The van der Waals surface area contributed by atoms with E-state index in [2.05, 4.69) is 10.1 Å². The van der Waals surface area contributed by atoms with E-state index in [1.54, 1.807) is 7.11 Å². The molecule has 1 aliphatic carbocycles. The minimum atomic E-state index is 0.621. The van der Waals surface area contributed by atoms with Gasteiger partial charge in [0.25, 0.3) is 0 Å². The van der Waals surface area contributed by atoms with Crippen molar-refractivity contribution in [3.63, 3.8) is 0 Å².